The number of hydrogen-bond acceptors (Lipinski definition) is 3. The third-order valence-corrected chi connectivity index (χ3v) is 6.23. The van der Waals surface area contributed by atoms with E-state index in [2.05, 4.69) is 19.0 Å². The third kappa shape index (κ3) is 4.17. The maximum atomic E-state index is 12.7. The van der Waals surface area contributed by atoms with E-state index in [4.69, 9.17) is 4.74 Å². The Hall–Kier alpha value is -1.55. The summed E-state index contributed by atoms with van der Waals surface area (Å²) in [4.78, 5) is 17.1. The minimum Gasteiger partial charge on any atom is -0.494 e. The van der Waals surface area contributed by atoms with Crippen LogP contribution in [0.2, 0.25) is 0 Å². The third-order valence-electron chi connectivity index (χ3n) is 6.23. The summed E-state index contributed by atoms with van der Waals surface area (Å²) < 4.78 is 5.46. The summed E-state index contributed by atoms with van der Waals surface area (Å²) >= 11 is 0. The molecule has 2 saturated carbocycles. The minimum atomic E-state index is 0.235. The normalized spacial score (nSPS) is 28.2. The molecule has 4 atom stereocenters. The average Bonchev–Trinajstić information content (AvgIpc) is 3.15. The van der Waals surface area contributed by atoms with E-state index in [0.717, 1.165) is 29.2 Å². The fraction of sp³-hybridized carbons (Fsp3) is 0.667. The number of rotatable bonds is 6. The van der Waals surface area contributed by atoms with Crippen LogP contribution in [-0.2, 0) is 11.2 Å². The number of nitrogens with zero attached hydrogens (tertiary/aromatic N) is 2. The second-order valence-electron chi connectivity index (χ2n) is 7.99. The van der Waals surface area contributed by atoms with Crippen LogP contribution in [0.25, 0.3) is 0 Å². The van der Waals surface area contributed by atoms with Gasteiger partial charge in [0.1, 0.15) is 5.75 Å². The molecule has 0 aliphatic heterocycles. The second kappa shape index (κ2) is 7.77. The molecule has 3 rings (SSSR count). The quantitative estimate of drug-likeness (QED) is 0.794. The Labute approximate surface area is 152 Å². The first kappa shape index (κ1) is 18.2. The molecule has 0 aromatic heterocycles. The first-order chi connectivity index (χ1) is 12.0. The van der Waals surface area contributed by atoms with Crippen molar-refractivity contribution in [3.05, 3.63) is 29.8 Å². The lowest BCUT2D eigenvalue weighted by atomic mass is 10.0. The lowest BCUT2D eigenvalue weighted by molar-refractivity contribution is -0.131. The lowest BCUT2D eigenvalue weighted by Crippen LogP contribution is -2.37. The SMILES string of the molecule is CCOc1ccc(CC(=O)N(C)C2C[C@H]3CC(N(C)C)C[C@H]3C2)cc1. The van der Waals surface area contributed by atoms with Gasteiger partial charge in [-0.15, -0.1) is 0 Å². The van der Waals surface area contributed by atoms with E-state index in [-0.39, 0.29) is 5.91 Å². The average molecular weight is 344 g/mol. The Bertz CT molecular complexity index is 570. The lowest BCUT2D eigenvalue weighted by Gasteiger charge is -2.27. The van der Waals surface area contributed by atoms with Gasteiger partial charge in [-0.05, 0) is 76.2 Å². The van der Waals surface area contributed by atoms with Crippen molar-refractivity contribution in [2.45, 2.75) is 51.1 Å². The van der Waals surface area contributed by atoms with Crippen molar-refractivity contribution in [1.82, 2.24) is 9.80 Å². The van der Waals surface area contributed by atoms with Crippen molar-refractivity contribution in [2.24, 2.45) is 11.8 Å². The highest BCUT2D eigenvalue weighted by atomic mass is 16.5. The van der Waals surface area contributed by atoms with Crippen molar-refractivity contribution in [2.75, 3.05) is 27.7 Å². The predicted octanol–water partition coefficient (Wildman–Crippen LogP) is 3.21. The molecule has 138 valence electrons. The van der Waals surface area contributed by atoms with E-state index in [1.54, 1.807) is 0 Å². The summed E-state index contributed by atoms with van der Waals surface area (Å²) in [5.41, 5.74) is 1.06. The summed E-state index contributed by atoms with van der Waals surface area (Å²) in [7, 11) is 6.37. The molecule has 0 bridgehead atoms. The largest absolute Gasteiger partial charge is 0.494 e. The Kier molecular flexibility index (Phi) is 5.67. The van der Waals surface area contributed by atoms with Gasteiger partial charge in [-0.1, -0.05) is 12.1 Å². The summed E-state index contributed by atoms with van der Waals surface area (Å²) in [5, 5.41) is 0. The molecule has 1 aromatic carbocycles. The van der Waals surface area contributed by atoms with E-state index in [9.17, 15) is 4.79 Å². The molecule has 2 aliphatic carbocycles. The van der Waals surface area contributed by atoms with Crippen LogP contribution in [0.1, 0.15) is 38.2 Å². The van der Waals surface area contributed by atoms with Crippen LogP contribution < -0.4 is 4.74 Å². The van der Waals surface area contributed by atoms with Gasteiger partial charge in [0.2, 0.25) is 5.91 Å². The molecule has 0 spiro atoms. The molecule has 1 amide bonds. The van der Waals surface area contributed by atoms with Crippen LogP contribution in [0.5, 0.6) is 5.75 Å². The smallest absolute Gasteiger partial charge is 0.226 e. The molecule has 2 fully saturated rings. The summed E-state index contributed by atoms with van der Waals surface area (Å²) in [5.74, 6) is 2.71. The molecular formula is C21H32N2O2. The fourth-order valence-corrected chi connectivity index (χ4v) is 4.66. The highest BCUT2D eigenvalue weighted by Gasteiger charge is 2.43. The number of carbonyl (C=O) groups excluding carboxylic acids is 1. The Morgan fingerprint density at radius 3 is 2.08 bits per heavy atom. The zero-order valence-corrected chi connectivity index (χ0v) is 16.1. The van der Waals surface area contributed by atoms with Crippen molar-refractivity contribution >= 4 is 5.91 Å². The first-order valence-corrected chi connectivity index (χ1v) is 9.61. The van der Waals surface area contributed by atoms with Gasteiger partial charge in [-0.2, -0.15) is 0 Å². The monoisotopic (exact) mass is 344 g/mol. The number of ether oxygens (including phenoxy) is 1. The fourth-order valence-electron chi connectivity index (χ4n) is 4.66. The molecule has 4 nitrogen and oxygen atoms in total. The summed E-state index contributed by atoms with van der Waals surface area (Å²) in [6.07, 6.45) is 5.44. The molecule has 0 saturated heterocycles. The maximum Gasteiger partial charge on any atom is 0.226 e. The molecule has 0 radical (unpaired) electrons. The van der Waals surface area contributed by atoms with Crippen molar-refractivity contribution in [3.63, 3.8) is 0 Å². The molecular weight excluding hydrogens is 312 g/mol. The number of amides is 1. The van der Waals surface area contributed by atoms with Gasteiger partial charge in [-0.25, -0.2) is 0 Å². The van der Waals surface area contributed by atoms with E-state index in [1.165, 1.54) is 25.7 Å². The zero-order valence-electron chi connectivity index (χ0n) is 16.1. The van der Waals surface area contributed by atoms with Crippen LogP contribution in [0, 0.1) is 11.8 Å². The Balaban J connectivity index is 1.52. The number of likely N-dealkylation sites (N-methyl/N-ethyl adjacent to an activating group) is 1. The van der Waals surface area contributed by atoms with Gasteiger partial charge >= 0.3 is 0 Å². The second-order valence-corrected chi connectivity index (χ2v) is 7.99. The van der Waals surface area contributed by atoms with Crippen LogP contribution in [0.4, 0.5) is 0 Å². The molecule has 0 heterocycles. The molecule has 25 heavy (non-hydrogen) atoms. The van der Waals surface area contributed by atoms with Crippen LogP contribution in [0.3, 0.4) is 0 Å². The van der Waals surface area contributed by atoms with Gasteiger partial charge < -0.3 is 14.5 Å². The van der Waals surface area contributed by atoms with Crippen LogP contribution in [-0.4, -0.2) is 55.5 Å². The molecule has 2 aliphatic rings. The van der Waals surface area contributed by atoms with Crippen LogP contribution in [0.15, 0.2) is 24.3 Å². The van der Waals surface area contributed by atoms with Crippen molar-refractivity contribution in [3.8, 4) is 5.75 Å². The predicted molar refractivity (Wildman–Crippen MR) is 101 cm³/mol. The topological polar surface area (TPSA) is 32.8 Å². The first-order valence-electron chi connectivity index (χ1n) is 9.61. The molecule has 0 N–H and O–H groups in total. The standard InChI is InChI=1S/C21H32N2O2/c1-5-25-20-8-6-15(7-9-20)10-21(24)23(4)19-13-16-11-18(22(2)3)12-17(16)14-19/h6-9,16-19H,5,10-14H2,1-4H3/t16-,17+,18?,19?. The number of carbonyl (C=O) groups is 1. The summed E-state index contributed by atoms with van der Waals surface area (Å²) in [6, 6.07) is 9.07. The number of fused-ring (bicyclic) bond motifs is 1. The van der Waals surface area contributed by atoms with E-state index in [1.807, 2.05) is 43.1 Å². The van der Waals surface area contributed by atoms with Gasteiger partial charge in [0.25, 0.3) is 0 Å². The van der Waals surface area contributed by atoms with Gasteiger partial charge in [0.15, 0.2) is 0 Å². The molecule has 1 aromatic rings. The maximum absolute atomic E-state index is 12.7. The summed E-state index contributed by atoms with van der Waals surface area (Å²) in [6.45, 7) is 2.64. The van der Waals surface area contributed by atoms with E-state index < -0.39 is 0 Å². The highest BCUT2D eigenvalue weighted by molar-refractivity contribution is 5.78. The Morgan fingerprint density at radius 1 is 1.00 bits per heavy atom. The zero-order chi connectivity index (χ0) is 18.0. The van der Waals surface area contributed by atoms with Crippen molar-refractivity contribution < 1.29 is 9.53 Å². The Morgan fingerprint density at radius 2 is 1.56 bits per heavy atom. The number of hydrogen-bond donors (Lipinski definition) is 0. The van der Waals surface area contributed by atoms with E-state index >= 15 is 0 Å². The molecule has 2 unspecified atom stereocenters. The van der Waals surface area contributed by atoms with Gasteiger partial charge in [-0.3, -0.25) is 4.79 Å². The van der Waals surface area contributed by atoms with Crippen LogP contribution >= 0.6 is 0 Å². The van der Waals surface area contributed by atoms with Gasteiger partial charge in [0, 0.05) is 19.1 Å². The van der Waals surface area contributed by atoms with Crippen molar-refractivity contribution in [1.29, 1.82) is 0 Å². The highest BCUT2D eigenvalue weighted by Crippen LogP contribution is 2.46. The minimum absolute atomic E-state index is 0.235. The molecule has 4 heteroatoms. The van der Waals surface area contributed by atoms with E-state index in [0.29, 0.717) is 19.1 Å². The number of benzene rings is 1. The van der Waals surface area contributed by atoms with Gasteiger partial charge in [0.05, 0.1) is 13.0 Å².